The number of likely N-dealkylation sites (tertiary alicyclic amines) is 1. The van der Waals surface area contributed by atoms with Gasteiger partial charge in [-0.3, -0.25) is 15.1 Å². The van der Waals surface area contributed by atoms with Crippen molar-refractivity contribution in [2.24, 2.45) is 5.73 Å². The molecule has 1 saturated heterocycles. The molecular weight excluding hydrogens is 594 g/mol. The summed E-state index contributed by atoms with van der Waals surface area (Å²) in [5.41, 5.74) is 6.88. The lowest BCUT2D eigenvalue weighted by molar-refractivity contribution is 0.0827. The van der Waals surface area contributed by atoms with E-state index in [1.54, 1.807) is 33.3 Å². The maximum Gasteiger partial charge on any atom is 0.261 e. The highest BCUT2D eigenvalue weighted by Crippen LogP contribution is 2.41. The average molecular weight is 631 g/mol. The molecule has 0 spiro atoms. The highest BCUT2D eigenvalue weighted by atomic mass is 19.1. The summed E-state index contributed by atoms with van der Waals surface area (Å²) in [5.74, 6) is -4.48. The fraction of sp³-hybridized carbons (Fsp3) is 0.265. The summed E-state index contributed by atoms with van der Waals surface area (Å²) in [6.07, 6.45) is 1.29. The molecule has 1 aliphatic heterocycles. The summed E-state index contributed by atoms with van der Waals surface area (Å²) in [6, 6.07) is 19.9. The third-order valence-corrected chi connectivity index (χ3v) is 7.88. The first-order chi connectivity index (χ1) is 22.0. The van der Waals surface area contributed by atoms with Crippen molar-refractivity contribution < 1.29 is 28.2 Å². The Morgan fingerprint density at radius 1 is 0.957 bits per heavy atom. The van der Waals surface area contributed by atoms with E-state index in [2.05, 4.69) is 22.0 Å². The van der Waals surface area contributed by atoms with Gasteiger partial charge in [0.25, 0.3) is 17.7 Å². The van der Waals surface area contributed by atoms with Crippen LogP contribution in [0.2, 0.25) is 0 Å². The highest BCUT2D eigenvalue weighted by Gasteiger charge is 2.31. The van der Waals surface area contributed by atoms with Crippen LogP contribution in [0.1, 0.15) is 34.3 Å². The number of aromatic hydroxyl groups is 1. The van der Waals surface area contributed by atoms with Gasteiger partial charge in [0.2, 0.25) is 11.6 Å². The van der Waals surface area contributed by atoms with Crippen molar-refractivity contribution in [2.45, 2.75) is 25.4 Å². The van der Waals surface area contributed by atoms with E-state index in [4.69, 9.17) is 20.6 Å². The Bertz CT molecular complexity index is 1730. The molecule has 1 aromatic heterocycles. The first kappa shape index (κ1) is 32.2. The second-order valence-electron chi connectivity index (χ2n) is 11.3. The van der Waals surface area contributed by atoms with E-state index in [1.165, 1.54) is 45.7 Å². The van der Waals surface area contributed by atoms with Crippen LogP contribution >= 0.6 is 0 Å². The number of aromatic nitrogens is 1. The molecule has 0 bridgehead atoms. The van der Waals surface area contributed by atoms with Gasteiger partial charge in [0.15, 0.2) is 11.5 Å². The van der Waals surface area contributed by atoms with Gasteiger partial charge in [-0.05, 0) is 54.8 Å². The molecule has 4 aromatic rings. The molecule has 3 aromatic carbocycles. The number of rotatable bonds is 10. The third-order valence-electron chi connectivity index (χ3n) is 7.88. The third kappa shape index (κ3) is 7.18. The van der Waals surface area contributed by atoms with Gasteiger partial charge < -0.3 is 30.1 Å². The Labute approximate surface area is 266 Å². The lowest BCUT2D eigenvalue weighted by atomic mass is 10.0. The number of phenols is 1. The molecule has 0 saturated carbocycles. The van der Waals surface area contributed by atoms with Crippen molar-refractivity contribution in [1.29, 1.82) is 5.41 Å². The first-order valence-electron chi connectivity index (χ1n) is 14.7. The zero-order chi connectivity index (χ0) is 33.0. The number of pyridine rings is 1. The van der Waals surface area contributed by atoms with Gasteiger partial charge >= 0.3 is 0 Å². The zero-order valence-electron chi connectivity index (χ0n) is 25.8. The minimum atomic E-state index is -1.09. The number of phenolic OH excluding ortho intramolecular Hbond substituents is 1. The Morgan fingerprint density at radius 3 is 2.28 bits per heavy atom. The van der Waals surface area contributed by atoms with Crippen LogP contribution in [-0.4, -0.2) is 71.9 Å². The topological polar surface area (TPSA) is 128 Å². The van der Waals surface area contributed by atoms with E-state index >= 15 is 8.78 Å². The molecule has 10 nitrogen and oxygen atoms in total. The van der Waals surface area contributed by atoms with E-state index in [0.717, 1.165) is 19.6 Å². The molecule has 1 amide bonds. The van der Waals surface area contributed by atoms with Crippen molar-refractivity contribution in [3.63, 3.8) is 0 Å². The van der Waals surface area contributed by atoms with Crippen molar-refractivity contribution in [1.82, 2.24) is 14.8 Å². The number of nitrogens with two attached hydrogens (primary N) is 1. The van der Waals surface area contributed by atoms with Gasteiger partial charge in [-0.1, -0.05) is 36.4 Å². The number of ether oxygens (including phenoxy) is 2. The van der Waals surface area contributed by atoms with E-state index < -0.39 is 29.1 Å². The number of carbonyl (C=O) groups excluding carboxylic acids is 1. The van der Waals surface area contributed by atoms with Crippen LogP contribution < -0.4 is 20.1 Å². The molecule has 0 aliphatic carbocycles. The molecule has 12 heteroatoms. The number of nitrogens with zero attached hydrogens (tertiary/aromatic N) is 4. The van der Waals surface area contributed by atoms with Crippen LogP contribution in [0.5, 0.6) is 29.0 Å². The van der Waals surface area contributed by atoms with E-state index in [-0.39, 0.29) is 40.6 Å². The van der Waals surface area contributed by atoms with Crippen molar-refractivity contribution in [3.8, 4) is 29.0 Å². The summed E-state index contributed by atoms with van der Waals surface area (Å²) >= 11 is 0. The van der Waals surface area contributed by atoms with E-state index in [1.807, 2.05) is 18.2 Å². The smallest absolute Gasteiger partial charge is 0.261 e. The molecular formula is C34H36F2N6O4. The first-order valence-corrected chi connectivity index (χ1v) is 14.7. The number of anilines is 1. The number of amides is 1. The van der Waals surface area contributed by atoms with Crippen LogP contribution in [0.15, 0.2) is 72.8 Å². The van der Waals surface area contributed by atoms with Crippen LogP contribution in [0.25, 0.3) is 0 Å². The van der Waals surface area contributed by atoms with Crippen LogP contribution in [-0.2, 0) is 6.54 Å². The Balaban J connectivity index is 1.48. The van der Waals surface area contributed by atoms with Gasteiger partial charge in [-0.25, -0.2) is 0 Å². The summed E-state index contributed by atoms with van der Waals surface area (Å²) in [7, 11) is 4.81. The standard InChI is InChI=1S/C34H36F2N6O4/c1-40(2)34(44)23-10-7-11-25(18-23)45-32-28(35)30(29(36)33(39-32)46-27-19-22(31(37)38)12-13-26(27)43)41(3)24-14-16-42(17-15-24)20-21-8-5-4-6-9-21/h4-13,18-19,24,43H,14-17,20H2,1-3H3,(H3,37,38). The van der Waals surface area contributed by atoms with Gasteiger partial charge in [0.05, 0.1) is 0 Å². The maximum absolute atomic E-state index is 16.2. The van der Waals surface area contributed by atoms with E-state index in [9.17, 15) is 9.90 Å². The monoisotopic (exact) mass is 630 g/mol. The number of benzene rings is 3. The summed E-state index contributed by atoms with van der Waals surface area (Å²) < 4.78 is 44.0. The average Bonchev–Trinajstić information content (AvgIpc) is 3.04. The molecule has 0 atom stereocenters. The number of nitrogens with one attached hydrogen (secondary N) is 1. The van der Waals surface area contributed by atoms with Crippen molar-refractivity contribution in [3.05, 3.63) is 101 Å². The molecule has 1 fully saturated rings. The Morgan fingerprint density at radius 2 is 1.63 bits per heavy atom. The number of hydrogen-bond acceptors (Lipinski definition) is 8. The van der Waals surface area contributed by atoms with Crippen LogP contribution in [0.4, 0.5) is 14.5 Å². The fourth-order valence-electron chi connectivity index (χ4n) is 5.35. The maximum atomic E-state index is 16.2. The van der Waals surface area contributed by atoms with Gasteiger partial charge in [0, 0.05) is 57.9 Å². The summed E-state index contributed by atoms with van der Waals surface area (Å²) in [4.78, 5) is 21.8. The van der Waals surface area contributed by atoms with Crippen LogP contribution in [0.3, 0.4) is 0 Å². The fourth-order valence-corrected chi connectivity index (χ4v) is 5.35. The summed E-state index contributed by atoms with van der Waals surface area (Å²) in [6.45, 7) is 2.23. The number of hydrogen-bond donors (Lipinski definition) is 3. The van der Waals surface area contributed by atoms with Gasteiger partial charge in [-0.15, -0.1) is 0 Å². The molecule has 240 valence electrons. The lowest BCUT2D eigenvalue weighted by Crippen LogP contribution is -2.43. The quantitative estimate of drug-likeness (QED) is 0.150. The Kier molecular flexibility index (Phi) is 9.67. The van der Waals surface area contributed by atoms with Gasteiger partial charge in [0.1, 0.15) is 17.3 Å². The molecule has 2 heterocycles. The van der Waals surface area contributed by atoms with Crippen LogP contribution in [0, 0.1) is 17.0 Å². The Hall–Kier alpha value is -5.23. The number of carbonyl (C=O) groups is 1. The molecule has 46 heavy (non-hydrogen) atoms. The van der Waals surface area contributed by atoms with Gasteiger partial charge in [-0.2, -0.15) is 13.8 Å². The highest BCUT2D eigenvalue weighted by molar-refractivity contribution is 5.95. The predicted molar refractivity (Wildman–Crippen MR) is 171 cm³/mol. The minimum absolute atomic E-state index is 0.0981. The number of piperidine rings is 1. The molecule has 1 aliphatic rings. The molecule has 5 rings (SSSR count). The second-order valence-corrected chi connectivity index (χ2v) is 11.3. The second kappa shape index (κ2) is 13.8. The van der Waals surface area contributed by atoms with Crippen molar-refractivity contribution >= 4 is 17.4 Å². The largest absolute Gasteiger partial charge is 0.504 e. The SMILES string of the molecule is CN(C)C(=O)c1cccc(Oc2nc(Oc3cc(C(=N)N)ccc3O)c(F)c(N(C)C3CCN(Cc4ccccc4)CC3)c2F)c1. The normalized spacial score (nSPS) is 13.7. The zero-order valence-corrected chi connectivity index (χ0v) is 25.8. The number of halogens is 2. The summed E-state index contributed by atoms with van der Waals surface area (Å²) in [5, 5.41) is 18.1. The predicted octanol–water partition coefficient (Wildman–Crippen LogP) is 5.74. The van der Waals surface area contributed by atoms with E-state index in [0.29, 0.717) is 18.4 Å². The number of amidine groups is 1. The molecule has 0 unspecified atom stereocenters. The minimum Gasteiger partial charge on any atom is -0.504 e. The van der Waals surface area contributed by atoms with Crippen molar-refractivity contribution in [2.75, 3.05) is 39.1 Å². The lowest BCUT2D eigenvalue weighted by Gasteiger charge is -2.38. The molecule has 0 radical (unpaired) electrons. The number of nitrogen functional groups attached to an aromatic ring is 1. The molecule has 4 N–H and O–H groups in total.